The van der Waals surface area contributed by atoms with Crippen molar-refractivity contribution in [1.29, 1.82) is 0 Å². The van der Waals surface area contributed by atoms with E-state index in [0.29, 0.717) is 0 Å². The predicted molar refractivity (Wildman–Crippen MR) is 63.5 cm³/mol. The Bertz CT molecular complexity index is 593. The summed E-state index contributed by atoms with van der Waals surface area (Å²) in [5.41, 5.74) is 0.221. The maximum Gasteiger partial charge on any atom is 2.00 e. The minimum atomic E-state index is -1.23. The fourth-order valence-corrected chi connectivity index (χ4v) is 1.32. The van der Waals surface area contributed by atoms with Crippen LogP contribution in [0, 0.1) is 0 Å². The number of aromatic carboxylic acids is 1. The van der Waals surface area contributed by atoms with E-state index in [0.717, 1.165) is 16.8 Å². The minimum Gasteiger partial charge on any atom is -0.545 e. The Labute approximate surface area is 120 Å². The van der Waals surface area contributed by atoms with E-state index in [4.69, 9.17) is 9.90 Å². The predicted octanol–water partition coefficient (Wildman–Crippen LogP) is 0.123. The van der Waals surface area contributed by atoms with Crippen molar-refractivity contribution >= 4 is 22.7 Å². The Morgan fingerprint density at radius 1 is 1.00 bits per heavy atom. The third kappa shape index (κ3) is 5.38. The van der Waals surface area contributed by atoms with Crippen LogP contribution in [-0.2, 0) is 21.9 Å². The molecule has 2 aromatic carbocycles. The number of carbonyl (C=O) groups excluding carboxylic acids is 2. The fourth-order valence-electron chi connectivity index (χ4n) is 1.32. The number of carboxylic acid groups (broad SMARTS) is 2. The molecular weight excluding hydrogens is 296 g/mol. The second kappa shape index (κ2) is 8.08. The molecule has 0 saturated carbocycles. The molecule has 19 heavy (non-hydrogen) atoms. The molecule has 0 aliphatic heterocycles. The van der Waals surface area contributed by atoms with Crippen molar-refractivity contribution in [3.05, 3.63) is 60.7 Å². The van der Waals surface area contributed by atoms with E-state index in [-0.39, 0.29) is 22.6 Å². The summed E-state index contributed by atoms with van der Waals surface area (Å²) in [7, 11) is 0. The van der Waals surface area contributed by atoms with Crippen LogP contribution in [0.25, 0.3) is 10.8 Å². The molecule has 0 heterocycles. The second-order valence-electron chi connectivity index (χ2n) is 3.37. The SMILES string of the molecule is C=CC(=O)[O-].O=C([O-])c1ccc2ccccc2c1.[Cu+2]. The van der Waals surface area contributed by atoms with Gasteiger partial charge in [-0.2, -0.15) is 0 Å². The number of carboxylic acids is 2. The van der Waals surface area contributed by atoms with Crippen molar-refractivity contribution in [2.45, 2.75) is 0 Å². The third-order valence-electron chi connectivity index (χ3n) is 2.15. The summed E-state index contributed by atoms with van der Waals surface area (Å²) < 4.78 is 0. The third-order valence-corrected chi connectivity index (χ3v) is 2.15. The van der Waals surface area contributed by atoms with Gasteiger partial charge in [-0.25, -0.2) is 0 Å². The van der Waals surface area contributed by atoms with Gasteiger partial charge in [0.2, 0.25) is 0 Å². The van der Waals surface area contributed by atoms with Crippen molar-refractivity contribution < 1.29 is 36.9 Å². The Kier molecular flexibility index (Phi) is 7.19. The molecule has 0 aliphatic carbocycles. The van der Waals surface area contributed by atoms with Crippen LogP contribution in [0.1, 0.15) is 10.4 Å². The largest absolute Gasteiger partial charge is 2.00 e. The van der Waals surface area contributed by atoms with Gasteiger partial charge in [0.05, 0.1) is 11.9 Å². The van der Waals surface area contributed by atoms with Gasteiger partial charge in [-0.3, -0.25) is 0 Å². The van der Waals surface area contributed by atoms with E-state index in [1.54, 1.807) is 18.2 Å². The summed E-state index contributed by atoms with van der Waals surface area (Å²) in [6.45, 7) is 2.90. The zero-order valence-corrected chi connectivity index (χ0v) is 10.7. The van der Waals surface area contributed by atoms with Crippen molar-refractivity contribution in [2.24, 2.45) is 0 Å². The molecule has 2 aromatic rings. The summed E-state index contributed by atoms with van der Waals surface area (Å²) >= 11 is 0. The molecule has 2 rings (SSSR count). The standard InChI is InChI=1S/C11H8O2.C3H4O2.Cu/c12-11(13)10-6-5-8-3-1-2-4-9(8)7-10;1-2-3(4)5;/h1-7H,(H,12,13);2H,1H2,(H,4,5);/q;;+2/p-2. The van der Waals surface area contributed by atoms with Crippen LogP contribution in [0.15, 0.2) is 55.1 Å². The quantitative estimate of drug-likeness (QED) is 0.583. The van der Waals surface area contributed by atoms with Gasteiger partial charge in [-0.05, 0) is 28.5 Å². The topological polar surface area (TPSA) is 80.3 Å². The number of hydrogen-bond donors (Lipinski definition) is 0. The summed E-state index contributed by atoms with van der Waals surface area (Å²) in [4.78, 5) is 19.7. The van der Waals surface area contributed by atoms with Gasteiger partial charge in [0.15, 0.2) is 0 Å². The number of carbonyl (C=O) groups is 2. The molecule has 0 aromatic heterocycles. The van der Waals surface area contributed by atoms with Crippen LogP contribution in [0.5, 0.6) is 0 Å². The Morgan fingerprint density at radius 2 is 1.53 bits per heavy atom. The van der Waals surface area contributed by atoms with Gasteiger partial charge in [-0.15, -0.1) is 0 Å². The van der Waals surface area contributed by atoms with Gasteiger partial charge in [0, 0.05) is 0 Å². The first-order valence-electron chi connectivity index (χ1n) is 5.08. The zero-order valence-electron chi connectivity index (χ0n) is 9.76. The average molecular weight is 306 g/mol. The van der Waals surface area contributed by atoms with Gasteiger partial charge in [-0.1, -0.05) is 43.0 Å². The van der Waals surface area contributed by atoms with Crippen LogP contribution in [0.4, 0.5) is 0 Å². The molecule has 101 valence electrons. The van der Waals surface area contributed by atoms with Crippen molar-refractivity contribution in [3.63, 3.8) is 0 Å². The van der Waals surface area contributed by atoms with Crippen LogP contribution >= 0.6 is 0 Å². The van der Waals surface area contributed by atoms with E-state index in [1.165, 1.54) is 0 Å². The smallest absolute Gasteiger partial charge is 0.545 e. The average Bonchev–Trinajstić information content (AvgIpc) is 2.38. The van der Waals surface area contributed by atoms with Crippen molar-refractivity contribution in [3.8, 4) is 0 Å². The van der Waals surface area contributed by atoms with Crippen molar-refractivity contribution in [2.75, 3.05) is 0 Å². The van der Waals surface area contributed by atoms with E-state index in [9.17, 15) is 9.90 Å². The molecule has 1 radical (unpaired) electrons. The molecule has 0 N–H and O–H groups in total. The van der Waals surface area contributed by atoms with Gasteiger partial charge in [0.25, 0.3) is 0 Å². The van der Waals surface area contributed by atoms with Crippen molar-refractivity contribution in [1.82, 2.24) is 0 Å². The molecule has 0 unspecified atom stereocenters. The minimum absolute atomic E-state index is 0. The summed E-state index contributed by atoms with van der Waals surface area (Å²) in [6.07, 6.45) is 0.722. The first-order valence-corrected chi connectivity index (χ1v) is 5.08. The number of aliphatic carboxylic acids is 1. The van der Waals surface area contributed by atoms with Gasteiger partial charge >= 0.3 is 17.1 Å². The number of fused-ring (bicyclic) bond motifs is 1. The normalized spacial score (nSPS) is 8.63. The maximum absolute atomic E-state index is 10.5. The first kappa shape index (κ1) is 16.9. The summed E-state index contributed by atoms with van der Waals surface area (Å²) in [5, 5.41) is 21.6. The van der Waals surface area contributed by atoms with E-state index in [2.05, 4.69) is 6.58 Å². The van der Waals surface area contributed by atoms with E-state index < -0.39 is 11.9 Å². The Balaban J connectivity index is 0.000000471. The zero-order chi connectivity index (χ0) is 13.5. The molecule has 0 amide bonds. The van der Waals surface area contributed by atoms with Crippen LogP contribution in [-0.4, -0.2) is 11.9 Å². The van der Waals surface area contributed by atoms with E-state index in [1.807, 2.05) is 24.3 Å². The summed E-state index contributed by atoms with van der Waals surface area (Å²) in [5.74, 6) is -2.37. The molecule has 0 fully saturated rings. The van der Waals surface area contributed by atoms with Crippen LogP contribution < -0.4 is 10.2 Å². The molecule has 0 atom stereocenters. The summed E-state index contributed by atoms with van der Waals surface area (Å²) in [6, 6.07) is 12.6. The Hall–Kier alpha value is -2.10. The molecule has 0 spiro atoms. The second-order valence-corrected chi connectivity index (χ2v) is 3.37. The van der Waals surface area contributed by atoms with E-state index >= 15 is 0 Å². The maximum atomic E-state index is 10.5. The molecule has 0 bridgehead atoms. The van der Waals surface area contributed by atoms with Crippen LogP contribution in [0.2, 0.25) is 0 Å². The molecule has 5 heteroatoms. The van der Waals surface area contributed by atoms with Crippen LogP contribution in [0.3, 0.4) is 0 Å². The number of hydrogen-bond acceptors (Lipinski definition) is 4. The first-order chi connectivity index (χ1) is 8.54. The van der Waals surface area contributed by atoms with Gasteiger partial charge in [0.1, 0.15) is 0 Å². The molecule has 4 nitrogen and oxygen atoms in total. The molecule has 0 aliphatic rings. The Morgan fingerprint density at radius 3 is 2.00 bits per heavy atom. The number of benzene rings is 2. The fraction of sp³-hybridized carbons (Fsp3) is 0. The molecule has 0 saturated heterocycles. The monoisotopic (exact) mass is 305 g/mol. The molecular formula is C14H10CuO4. The van der Waals surface area contributed by atoms with Gasteiger partial charge < -0.3 is 19.8 Å². The number of rotatable bonds is 2.